The van der Waals surface area contributed by atoms with Gasteiger partial charge in [-0.15, -0.1) is 0 Å². The first-order valence-electron chi connectivity index (χ1n) is 5.88. The molecule has 0 aliphatic carbocycles. The minimum atomic E-state index is 1.19. The Kier molecular flexibility index (Phi) is 24.3. The Hall–Kier alpha value is -1.04. The summed E-state index contributed by atoms with van der Waals surface area (Å²) in [4.78, 5) is 0. The Morgan fingerprint density at radius 3 is 1.40 bits per heavy atom. The lowest BCUT2D eigenvalue weighted by molar-refractivity contribution is 1.46. The van der Waals surface area contributed by atoms with E-state index in [1.54, 1.807) is 0 Å². The first kappa shape index (κ1) is 19.5. The van der Waals surface area contributed by atoms with Gasteiger partial charge in [-0.25, -0.2) is 0 Å². The minimum absolute atomic E-state index is 1.19. The highest BCUT2D eigenvalue weighted by Gasteiger charge is 1.92. The van der Waals surface area contributed by atoms with Gasteiger partial charge < -0.3 is 0 Å². The maximum absolute atomic E-state index is 3.74. The van der Waals surface area contributed by atoms with Crippen LogP contribution in [0.25, 0.3) is 0 Å². The van der Waals surface area contributed by atoms with Crippen molar-refractivity contribution in [2.24, 2.45) is 0 Å². The molecule has 15 heavy (non-hydrogen) atoms. The quantitative estimate of drug-likeness (QED) is 0.522. The van der Waals surface area contributed by atoms with Crippen molar-refractivity contribution in [2.75, 3.05) is 0 Å². The van der Waals surface area contributed by atoms with Crippen molar-refractivity contribution < 1.29 is 0 Å². The SMILES string of the molecule is C=CC(=C/C)/C(/C=C\C)=C\C.CC.CC. The highest BCUT2D eigenvalue weighted by molar-refractivity contribution is 5.44. The van der Waals surface area contributed by atoms with Crippen molar-refractivity contribution in [3.8, 4) is 0 Å². The van der Waals surface area contributed by atoms with E-state index in [4.69, 9.17) is 0 Å². The van der Waals surface area contributed by atoms with Crippen LogP contribution in [0.1, 0.15) is 48.5 Å². The summed E-state index contributed by atoms with van der Waals surface area (Å²) in [6.07, 6.45) is 10.1. The van der Waals surface area contributed by atoms with Crippen molar-refractivity contribution in [1.29, 1.82) is 0 Å². The molecule has 0 aromatic heterocycles. The van der Waals surface area contributed by atoms with E-state index < -0.39 is 0 Å². The maximum Gasteiger partial charge on any atom is -0.0234 e. The van der Waals surface area contributed by atoms with E-state index in [-0.39, 0.29) is 0 Å². The number of hydrogen-bond acceptors (Lipinski definition) is 0. The van der Waals surface area contributed by atoms with Gasteiger partial charge in [0, 0.05) is 0 Å². The molecule has 0 spiro atoms. The molecule has 0 bridgehead atoms. The maximum atomic E-state index is 3.74. The predicted octanol–water partition coefficient (Wildman–Crippen LogP) is 5.69. The van der Waals surface area contributed by atoms with Crippen LogP contribution in [0.4, 0.5) is 0 Å². The summed E-state index contributed by atoms with van der Waals surface area (Å²) >= 11 is 0. The van der Waals surface area contributed by atoms with Crippen LogP contribution >= 0.6 is 0 Å². The van der Waals surface area contributed by atoms with E-state index in [9.17, 15) is 0 Å². The summed E-state index contributed by atoms with van der Waals surface area (Å²) in [5, 5.41) is 0. The molecule has 0 radical (unpaired) electrons. The average molecular weight is 208 g/mol. The molecule has 0 unspecified atom stereocenters. The van der Waals surface area contributed by atoms with Crippen LogP contribution in [0.15, 0.2) is 48.1 Å². The summed E-state index contributed by atoms with van der Waals surface area (Å²) in [6.45, 7) is 17.8. The molecule has 0 nitrogen and oxygen atoms in total. The molecule has 0 fully saturated rings. The van der Waals surface area contributed by atoms with Crippen LogP contribution in [-0.4, -0.2) is 0 Å². The molecule has 0 saturated heterocycles. The lowest BCUT2D eigenvalue weighted by atomic mass is 10.1. The zero-order valence-electron chi connectivity index (χ0n) is 11.6. The third-order valence-corrected chi connectivity index (χ3v) is 1.52. The Balaban J connectivity index is -0.000000318. The van der Waals surface area contributed by atoms with Gasteiger partial charge in [0.1, 0.15) is 0 Å². The van der Waals surface area contributed by atoms with Gasteiger partial charge in [-0.2, -0.15) is 0 Å². The molecular formula is C15H28. The van der Waals surface area contributed by atoms with Crippen LogP contribution in [0.2, 0.25) is 0 Å². The Bertz CT molecular complexity index is 202. The van der Waals surface area contributed by atoms with Crippen molar-refractivity contribution in [3.05, 3.63) is 48.1 Å². The molecule has 0 N–H and O–H groups in total. The van der Waals surface area contributed by atoms with E-state index in [1.165, 1.54) is 11.1 Å². The van der Waals surface area contributed by atoms with Crippen LogP contribution in [-0.2, 0) is 0 Å². The van der Waals surface area contributed by atoms with Crippen molar-refractivity contribution in [1.82, 2.24) is 0 Å². The fourth-order valence-electron chi connectivity index (χ4n) is 0.941. The molecule has 0 aromatic rings. The van der Waals surface area contributed by atoms with E-state index in [0.29, 0.717) is 0 Å². The molecule has 0 heteroatoms. The van der Waals surface area contributed by atoms with Gasteiger partial charge in [0.25, 0.3) is 0 Å². The topological polar surface area (TPSA) is 0 Å². The van der Waals surface area contributed by atoms with Gasteiger partial charge in [0.15, 0.2) is 0 Å². The van der Waals surface area contributed by atoms with E-state index >= 15 is 0 Å². The summed E-state index contributed by atoms with van der Waals surface area (Å²) in [6, 6.07) is 0. The molecule has 0 atom stereocenters. The molecule has 0 aliphatic heterocycles. The molecule has 0 heterocycles. The molecule has 88 valence electrons. The Morgan fingerprint density at radius 1 is 0.800 bits per heavy atom. The van der Waals surface area contributed by atoms with E-state index in [0.717, 1.165) is 0 Å². The number of hydrogen-bond donors (Lipinski definition) is 0. The first-order chi connectivity index (χ1) is 7.29. The summed E-state index contributed by atoms with van der Waals surface area (Å²) in [5.74, 6) is 0. The van der Waals surface area contributed by atoms with Crippen molar-refractivity contribution >= 4 is 0 Å². The lowest BCUT2D eigenvalue weighted by Gasteiger charge is -1.99. The van der Waals surface area contributed by atoms with E-state index in [2.05, 4.69) is 24.8 Å². The lowest BCUT2D eigenvalue weighted by Crippen LogP contribution is -1.80. The van der Waals surface area contributed by atoms with Crippen LogP contribution < -0.4 is 0 Å². The Morgan fingerprint density at radius 2 is 1.20 bits per heavy atom. The second-order valence-corrected chi connectivity index (χ2v) is 2.19. The van der Waals surface area contributed by atoms with Crippen molar-refractivity contribution in [2.45, 2.75) is 48.5 Å². The predicted molar refractivity (Wildman–Crippen MR) is 75.2 cm³/mol. The average Bonchev–Trinajstić information content (AvgIpc) is 2.34. The summed E-state index contributed by atoms with van der Waals surface area (Å²) in [7, 11) is 0. The zero-order valence-corrected chi connectivity index (χ0v) is 11.6. The van der Waals surface area contributed by atoms with Gasteiger partial charge in [-0.3, -0.25) is 0 Å². The zero-order chi connectivity index (χ0) is 12.7. The number of rotatable bonds is 3. The highest BCUT2D eigenvalue weighted by atomic mass is 14.0. The van der Waals surface area contributed by atoms with Gasteiger partial charge in [0.05, 0.1) is 0 Å². The van der Waals surface area contributed by atoms with Crippen LogP contribution in [0, 0.1) is 0 Å². The van der Waals surface area contributed by atoms with Crippen LogP contribution in [0.5, 0.6) is 0 Å². The fraction of sp³-hybridized carbons (Fsp3) is 0.467. The van der Waals surface area contributed by atoms with Gasteiger partial charge in [-0.05, 0) is 31.9 Å². The Labute approximate surface area is 97.1 Å². The normalized spacial score (nSPS) is 11.1. The third kappa shape index (κ3) is 10.9. The first-order valence-corrected chi connectivity index (χ1v) is 5.88. The fourth-order valence-corrected chi connectivity index (χ4v) is 0.941. The summed E-state index contributed by atoms with van der Waals surface area (Å²) < 4.78 is 0. The van der Waals surface area contributed by atoms with Crippen molar-refractivity contribution in [3.63, 3.8) is 0 Å². The third-order valence-electron chi connectivity index (χ3n) is 1.52. The smallest absolute Gasteiger partial charge is 0.0234 e. The van der Waals surface area contributed by atoms with Crippen LogP contribution in [0.3, 0.4) is 0 Å². The summed E-state index contributed by atoms with van der Waals surface area (Å²) in [5.41, 5.74) is 2.41. The molecule has 0 aromatic carbocycles. The second-order valence-electron chi connectivity index (χ2n) is 2.19. The molecule has 0 saturated carbocycles. The van der Waals surface area contributed by atoms with Gasteiger partial charge in [-0.1, -0.05) is 64.7 Å². The monoisotopic (exact) mass is 208 g/mol. The molecular weight excluding hydrogens is 180 g/mol. The standard InChI is InChI=1S/C11H16.2C2H6/c1-5-9-11(8-4)10(6-2)7-3;2*1-2/h5-9H,2H2,1,3-4H3;2*1-2H3/b9-5-,10-7-,11-8-;;. The minimum Gasteiger partial charge on any atom is -0.0985 e. The van der Waals surface area contributed by atoms with Gasteiger partial charge in [0.2, 0.25) is 0 Å². The molecule has 0 aliphatic rings. The second kappa shape index (κ2) is 18.7. The molecule has 0 rings (SSSR count). The van der Waals surface area contributed by atoms with E-state index in [1.807, 2.05) is 60.6 Å². The highest BCUT2D eigenvalue weighted by Crippen LogP contribution is 2.11. The largest absolute Gasteiger partial charge is 0.0985 e. The molecule has 0 amide bonds. The van der Waals surface area contributed by atoms with Gasteiger partial charge >= 0.3 is 0 Å². The number of allylic oxidation sites excluding steroid dienone is 7.